The van der Waals surface area contributed by atoms with Gasteiger partial charge in [-0.1, -0.05) is 143 Å². The van der Waals surface area contributed by atoms with Crippen LogP contribution in [0.3, 0.4) is 0 Å². The first-order valence-electron chi connectivity index (χ1n) is 20.8. The SMILES string of the molecule is CCCCCCCCC(CCCCCCCC)OC(=O)CCCCCCN(CCO)CCCCCCCC(=O)OCCCCCCC. The number of nitrogens with zero attached hydrogens (tertiary/aromatic N) is 1. The van der Waals surface area contributed by atoms with Crippen molar-refractivity contribution in [1.29, 1.82) is 0 Å². The smallest absolute Gasteiger partial charge is 0.306 e. The number of unbranched alkanes of at least 4 members (excludes halogenated alkanes) is 21. The van der Waals surface area contributed by atoms with E-state index >= 15 is 0 Å². The van der Waals surface area contributed by atoms with Gasteiger partial charge in [-0.05, 0) is 70.9 Å². The van der Waals surface area contributed by atoms with Crippen LogP contribution in [-0.2, 0) is 19.1 Å². The molecule has 6 heteroatoms. The minimum atomic E-state index is -0.0392. The molecule has 0 bridgehead atoms. The molecular formula is C41H81NO5. The Hall–Kier alpha value is -1.14. The van der Waals surface area contributed by atoms with Crippen LogP contribution in [0.4, 0.5) is 0 Å². The molecular weight excluding hydrogens is 586 g/mol. The highest BCUT2D eigenvalue weighted by Crippen LogP contribution is 2.18. The van der Waals surface area contributed by atoms with E-state index in [0.29, 0.717) is 19.4 Å². The number of hydrogen-bond acceptors (Lipinski definition) is 6. The molecule has 0 amide bonds. The highest BCUT2D eigenvalue weighted by molar-refractivity contribution is 5.69. The van der Waals surface area contributed by atoms with Gasteiger partial charge in [-0.2, -0.15) is 0 Å². The average Bonchev–Trinajstić information content (AvgIpc) is 3.06. The minimum Gasteiger partial charge on any atom is -0.466 e. The predicted molar refractivity (Wildman–Crippen MR) is 200 cm³/mol. The number of carbonyl (C=O) groups is 2. The van der Waals surface area contributed by atoms with E-state index in [4.69, 9.17) is 9.47 Å². The largest absolute Gasteiger partial charge is 0.466 e. The molecule has 280 valence electrons. The maximum absolute atomic E-state index is 12.7. The Morgan fingerprint density at radius 1 is 0.489 bits per heavy atom. The van der Waals surface area contributed by atoms with E-state index in [1.165, 1.54) is 96.3 Å². The van der Waals surface area contributed by atoms with E-state index < -0.39 is 0 Å². The maximum Gasteiger partial charge on any atom is 0.306 e. The zero-order valence-electron chi connectivity index (χ0n) is 31.9. The maximum atomic E-state index is 12.7. The summed E-state index contributed by atoms with van der Waals surface area (Å²) in [5, 5.41) is 9.52. The van der Waals surface area contributed by atoms with Crippen LogP contribution in [0.5, 0.6) is 0 Å². The van der Waals surface area contributed by atoms with Crippen molar-refractivity contribution in [2.75, 3.05) is 32.8 Å². The molecule has 0 radical (unpaired) electrons. The van der Waals surface area contributed by atoms with E-state index in [9.17, 15) is 14.7 Å². The van der Waals surface area contributed by atoms with Crippen molar-refractivity contribution < 1.29 is 24.2 Å². The second-order valence-electron chi connectivity index (χ2n) is 14.1. The molecule has 0 aliphatic rings. The zero-order valence-corrected chi connectivity index (χ0v) is 31.9. The Morgan fingerprint density at radius 3 is 1.38 bits per heavy atom. The average molecular weight is 668 g/mol. The van der Waals surface area contributed by atoms with Crippen molar-refractivity contribution in [3.63, 3.8) is 0 Å². The van der Waals surface area contributed by atoms with Gasteiger partial charge >= 0.3 is 11.9 Å². The third kappa shape index (κ3) is 34.5. The Bertz CT molecular complexity index is 642. The summed E-state index contributed by atoms with van der Waals surface area (Å²) in [7, 11) is 0. The number of aliphatic hydroxyl groups is 1. The van der Waals surface area contributed by atoms with Gasteiger partial charge in [0.15, 0.2) is 0 Å². The fourth-order valence-corrected chi connectivity index (χ4v) is 6.35. The van der Waals surface area contributed by atoms with Gasteiger partial charge in [0, 0.05) is 19.4 Å². The van der Waals surface area contributed by atoms with Crippen LogP contribution in [0.2, 0.25) is 0 Å². The first-order chi connectivity index (χ1) is 23.1. The summed E-state index contributed by atoms with van der Waals surface area (Å²) in [5.74, 6) is -0.0359. The van der Waals surface area contributed by atoms with Crippen molar-refractivity contribution in [3.8, 4) is 0 Å². The number of ether oxygens (including phenoxy) is 2. The number of esters is 2. The summed E-state index contributed by atoms with van der Waals surface area (Å²) in [6.45, 7) is 10.3. The second-order valence-corrected chi connectivity index (χ2v) is 14.1. The lowest BCUT2D eigenvalue weighted by Crippen LogP contribution is -2.29. The number of rotatable bonds is 38. The van der Waals surface area contributed by atoms with Gasteiger partial charge in [-0.15, -0.1) is 0 Å². The van der Waals surface area contributed by atoms with Crippen molar-refractivity contribution in [1.82, 2.24) is 4.90 Å². The Kier molecular flexibility index (Phi) is 36.8. The summed E-state index contributed by atoms with van der Waals surface area (Å²) in [5.41, 5.74) is 0. The molecule has 0 atom stereocenters. The highest BCUT2D eigenvalue weighted by atomic mass is 16.5. The Balaban J connectivity index is 4.01. The van der Waals surface area contributed by atoms with E-state index in [2.05, 4.69) is 25.7 Å². The molecule has 0 rings (SSSR count). The normalized spacial score (nSPS) is 11.5. The zero-order chi connectivity index (χ0) is 34.5. The molecule has 0 aliphatic carbocycles. The molecule has 47 heavy (non-hydrogen) atoms. The molecule has 0 heterocycles. The molecule has 0 spiro atoms. The van der Waals surface area contributed by atoms with Crippen molar-refractivity contribution >= 4 is 11.9 Å². The third-order valence-corrected chi connectivity index (χ3v) is 9.45. The van der Waals surface area contributed by atoms with Crippen molar-refractivity contribution in [3.05, 3.63) is 0 Å². The van der Waals surface area contributed by atoms with Gasteiger partial charge in [0.1, 0.15) is 6.10 Å². The number of carbonyl (C=O) groups excluding carboxylic acids is 2. The van der Waals surface area contributed by atoms with E-state index in [-0.39, 0.29) is 24.6 Å². The summed E-state index contributed by atoms with van der Waals surface area (Å²) in [6, 6.07) is 0. The molecule has 0 aromatic rings. The Labute approximate surface area is 292 Å². The third-order valence-electron chi connectivity index (χ3n) is 9.45. The van der Waals surface area contributed by atoms with Crippen LogP contribution < -0.4 is 0 Å². The quantitative estimate of drug-likeness (QED) is 0.0521. The summed E-state index contributed by atoms with van der Waals surface area (Å²) in [4.78, 5) is 26.9. The van der Waals surface area contributed by atoms with Gasteiger partial charge in [-0.3, -0.25) is 9.59 Å². The van der Waals surface area contributed by atoms with E-state index in [1.54, 1.807) is 0 Å². The number of aliphatic hydroxyl groups excluding tert-OH is 1. The van der Waals surface area contributed by atoms with Crippen LogP contribution in [0.25, 0.3) is 0 Å². The van der Waals surface area contributed by atoms with Gasteiger partial charge < -0.3 is 19.5 Å². The summed E-state index contributed by atoms with van der Waals surface area (Å²) in [6.07, 6.45) is 34.1. The lowest BCUT2D eigenvalue weighted by atomic mass is 10.0. The van der Waals surface area contributed by atoms with Gasteiger partial charge in [-0.25, -0.2) is 0 Å². The fraction of sp³-hybridized carbons (Fsp3) is 0.951. The van der Waals surface area contributed by atoms with Crippen LogP contribution >= 0.6 is 0 Å². The molecule has 0 aliphatic heterocycles. The standard InChI is InChI=1S/C41H81NO5/c1-4-7-10-13-16-23-30-39(31-24-17-14-11-8-5-2)47-41(45)33-26-19-21-28-35-42(36-37-43)34-27-20-15-18-25-32-40(44)46-38-29-22-12-9-6-3/h39,43H,4-38H2,1-3H3. The predicted octanol–water partition coefficient (Wildman–Crippen LogP) is 11.5. The van der Waals surface area contributed by atoms with Crippen LogP contribution in [0.15, 0.2) is 0 Å². The van der Waals surface area contributed by atoms with Crippen molar-refractivity contribution in [2.45, 2.75) is 219 Å². The molecule has 0 aromatic carbocycles. The minimum absolute atomic E-state index is 0.00331. The van der Waals surface area contributed by atoms with Crippen molar-refractivity contribution in [2.24, 2.45) is 0 Å². The molecule has 6 nitrogen and oxygen atoms in total. The first-order valence-corrected chi connectivity index (χ1v) is 20.8. The van der Waals surface area contributed by atoms with Crippen LogP contribution in [0.1, 0.15) is 213 Å². The van der Waals surface area contributed by atoms with E-state index in [1.807, 2.05) is 0 Å². The Morgan fingerprint density at radius 2 is 0.894 bits per heavy atom. The lowest BCUT2D eigenvalue weighted by Gasteiger charge is -2.21. The van der Waals surface area contributed by atoms with Gasteiger partial charge in [0.25, 0.3) is 0 Å². The second kappa shape index (κ2) is 37.7. The topological polar surface area (TPSA) is 76.1 Å². The molecule has 0 saturated heterocycles. The van der Waals surface area contributed by atoms with Crippen LogP contribution in [0, 0.1) is 0 Å². The molecule has 0 unspecified atom stereocenters. The molecule has 0 saturated carbocycles. The van der Waals surface area contributed by atoms with E-state index in [0.717, 1.165) is 103 Å². The highest BCUT2D eigenvalue weighted by Gasteiger charge is 2.14. The van der Waals surface area contributed by atoms with Gasteiger partial charge in [0.05, 0.1) is 13.2 Å². The number of hydrogen-bond donors (Lipinski definition) is 1. The van der Waals surface area contributed by atoms with Crippen LogP contribution in [-0.4, -0.2) is 60.9 Å². The van der Waals surface area contributed by atoms with Gasteiger partial charge in [0.2, 0.25) is 0 Å². The molecule has 0 aromatic heterocycles. The fourth-order valence-electron chi connectivity index (χ4n) is 6.35. The summed E-state index contributed by atoms with van der Waals surface area (Å²) < 4.78 is 11.4. The molecule has 1 N–H and O–H groups in total. The molecule has 0 fully saturated rings. The first kappa shape index (κ1) is 45.9. The lowest BCUT2D eigenvalue weighted by molar-refractivity contribution is -0.150. The summed E-state index contributed by atoms with van der Waals surface area (Å²) >= 11 is 0. The monoisotopic (exact) mass is 668 g/mol.